The maximum absolute atomic E-state index is 12.7. The molecule has 4 N–H and O–H groups in total. The minimum absolute atomic E-state index is 0.00563. The van der Waals surface area contributed by atoms with Gasteiger partial charge in [-0.05, 0) is 65.0 Å². The number of nitrogens with one attached hydrogen (secondary N) is 2. The van der Waals surface area contributed by atoms with Gasteiger partial charge in [0.2, 0.25) is 0 Å². The van der Waals surface area contributed by atoms with Crippen molar-refractivity contribution in [2.24, 2.45) is 11.1 Å². The van der Waals surface area contributed by atoms with E-state index in [0.717, 1.165) is 30.3 Å². The van der Waals surface area contributed by atoms with Crippen LogP contribution in [0.2, 0.25) is 0 Å². The minimum atomic E-state index is -0.0441. The Morgan fingerprint density at radius 2 is 2.03 bits per heavy atom. The number of benzene rings is 2. The van der Waals surface area contributed by atoms with Gasteiger partial charge in [0.25, 0.3) is 5.91 Å². The molecule has 5 heteroatoms. The second-order valence-electron chi connectivity index (χ2n) is 9.05. The second kappa shape index (κ2) is 7.30. The SMILES string of the molecule is CC1(C)CCc2cc(CN)ccc2C1(C)CCNC(=O)c1ccc2nc[nH]c2c1. The van der Waals surface area contributed by atoms with Crippen LogP contribution in [0.15, 0.2) is 42.7 Å². The highest BCUT2D eigenvalue weighted by Crippen LogP contribution is 2.51. The third kappa shape index (κ3) is 3.44. The Labute approximate surface area is 172 Å². The zero-order valence-corrected chi connectivity index (χ0v) is 17.5. The fraction of sp³-hybridized carbons (Fsp3) is 0.417. The van der Waals surface area contributed by atoms with Crippen LogP contribution in [0.1, 0.15) is 60.7 Å². The first-order valence-electron chi connectivity index (χ1n) is 10.4. The highest BCUT2D eigenvalue weighted by atomic mass is 16.1. The number of imidazole rings is 1. The van der Waals surface area contributed by atoms with E-state index >= 15 is 0 Å². The van der Waals surface area contributed by atoms with Crippen LogP contribution in [0.3, 0.4) is 0 Å². The van der Waals surface area contributed by atoms with E-state index in [1.807, 2.05) is 18.2 Å². The van der Waals surface area contributed by atoms with E-state index in [9.17, 15) is 4.79 Å². The maximum atomic E-state index is 12.7. The van der Waals surface area contributed by atoms with E-state index in [0.29, 0.717) is 18.7 Å². The minimum Gasteiger partial charge on any atom is -0.352 e. The second-order valence-corrected chi connectivity index (χ2v) is 9.05. The van der Waals surface area contributed by atoms with Gasteiger partial charge in [-0.3, -0.25) is 4.79 Å². The molecule has 1 aliphatic rings. The quantitative estimate of drug-likeness (QED) is 0.614. The third-order valence-electron chi connectivity index (χ3n) is 7.11. The Hall–Kier alpha value is -2.66. The number of hydrogen-bond acceptors (Lipinski definition) is 3. The molecule has 1 unspecified atom stereocenters. The molecule has 2 aromatic carbocycles. The average molecular weight is 391 g/mol. The number of carbonyl (C=O) groups excluding carboxylic acids is 1. The molecule has 0 bridgehead atoms. The molecule has 4 rings (SSSR count). The van der Waals surface area contributed by atoms with Gasteiger partial charge in [0.15, 0.2) is 0 Å². The predicted molar refractivity (Wildman–Crippen MR) is 117 cm³/mol. The number of nitrogens with two attached hydrogens (primary N) is 1. The zero-order valence-electron chi connectivity index (χ0n) is 17.5. The van der Waals surface area contributed by atoms with E-state index in [4.69, 9.17) is 5.73 Å². The normalized spacial score (nSPS) is 20.4. The number of hydrogen-bond donors (Lipinski definition) is 3. The molecule has 0 radical (unpaired) electrons. The highest BCUT2D eigenvalue weighted by molar-refractivity contribution is 5.97. The first-order valence-corrected chi connectivity index (χ1v) is 10.4. The van der Waals surface area contributed by atoms with E-state index in [1.165, 1.54) is 16.7 Å². The number of aromatic amines is 1. The van der Waals surface area contributed by atoms with Crippen LogP contribution >= 0.6 is 0 Å². The van der Waals surface area contributed by atoms with Crippen LogP contribution in [-0.4, -0.2) is 22.4 Å². The van der Waals surface area contributed by atoms with Crippen LogP contribution < -0.4 is 11.1 Å². The summed E-state index contributed by atoms with van der Waals surface area (Å²) in [5.41, 5.74) is 12.4. The molecule has 1 amide bonds. The molecule has 1 heterocycles. The van der Waals surface area contributed by atoms with E-state index in [2.05, 4.69) is 54.3 Å². The van der Waals surface area contributed by atoms with Crippen LogP contribution in [0.5, 0.6) is 0 Å². The van der Waals surface area contributed by atoms with Gasteiger partial charge in [-0.2, -0.15) is 0 Å². The molecule has 0 saturated carbocycles. The Morgan fingerprint density at radius 3 is 2.83 bits per heavy atom. The number of rotatable bonds is 5. The fourth-order valence-electron chi connectivity index (χ4n) is 4.68. The predicted octanol–water partition coefficient (Wildman–Crippen LogP) is 4.07. The van der Waals surface area contributed by atoms with Crippen LogP contribution in [-0.2, 0) is 18.4 Å². The largest absolute Gasteiger partial charge is 0.352 e. The van der Waals surface area contributed by atoms with Gasteiger partial charge in [0.1, 0.15) is 0 Å². The van der Waals surface area contributed by atoms with Gasteiger partial charge >= 0.3 is 0 Å². The van der Waals surface area contributed by atoms with Crippen LogP contribution in [0.4, 0.5) is 0 Å². The van der Waals surface area contributed by atoms with Crippen LogP contribution in [0, 0.1) is 5.41 Å². The van der Waals surface area contributed by atoms with Crippen molar-refractivity contribution >= 4 is 16.9 Å². The third-order valence-corrected chi connectivity index (χ3v) is 7.11. The van der Waals surface area contributed by atoms with Crippen molar-refractivity contribution < 1.29 is 4.79 Å². The van der Waals surface area contributed by atoms with Crippen LogP contribution in [0.25, 0.3) is 11.0 Å². The number of fused-ring (bicyclic) bond motifs is 2. The maximum Gasteiger partial charge on any atom is 0.251 e. The Kier molecular flexibility index (Phi) is 4.95. The van der Waals surface area contributed by atoms with Gasteiger partial charge in [-0.1, -0.05) is 39.0 Å². The van der Waals surface area contributed by atoms with Gasteiger partial charge in [-0.25, -0.2) is 4.98 Å². The summed E-state index contributed by atoms with van der Waals surface area (Å²) in [5.74, 6) is -0.0441. The summed E-state index contributed by atoms with van der Waals surface area (Å²) in [6.07, 6.45) is 4.76. The molecular formula is C24H30N4O. The number of H-pyrrole nitrogens is 1. The molecule has 1 atom stereocenters. The fourth-order valence-corrected chi connectivity index (χ4v) is 4.68. The summed E-state index contributed by atoms with van der Waals surface area (Å²) in [5, 5.41) is 3.13. The molecule has 152 valence electrons. The van der Waals surface area contributed by atoms with E-state index < -0.39 is 0 Å². The lowest BCUT2D eigenvalue weighted by molar-refractivity contribution is 0.0932. The highest BCUT2D eigenvalue weighted by Gasteiger charge is 2.45. The molecule has 1 aliphatic carbocycles. The Balaban J connectivity index is 1.51. The van der Waals surface area contributed by atoms with Gasteiger partial charge < -0.3 is 16.0 Å². The van der Waals surface area contributed by atoms with Crippen molar-refractivity contribution in [3.63, 3.8) is 0 Å². The summed E-state index contributed by atoms with van der Waals surface area (Å²) < 4.78 is 0. The molecule has 29 heavy (non-hydrogen) atoms. The van der Waals surface area contributed by atoms with E-state index in [-0.39, 0.29) is 16.7 Å². The molecule has 0 spiro atoms. The Bertz CT molecular complexity index is 1050. The number of nitrogens with zero attached hydrogens (tertiary/aromatic N) is 1. The molecule has 0 saturated heterocycles. The van der Waals surface area contributed by atoms with Crippen molar-refractivity contribution in [2.45, 2.75) is 52.0 Å². The summed E-state index contributed by atoms with van der Waals surface area (Å²) in [6.45, 7) is 8.25. The average Bonchev–Trinajstić information content (AvgIpc) is 3.18. The first kappa shape index (κ1) is 19.6. The lowest BCUT2D eigenvalue weighted by atomic mass is 9.55. The molecule has 0 aliphatic heterocycles. The van der Waals surface area contributed by atoms with Crippen molar-refractivity contribution in [3.05, 3.63) is 65.0 Å². The van der Waals surface area contributed by atoms with Crippen molar-refractivity contribution in [3.8, 4) is 0 Å². The summed E-state index contributed by atoms with van der Waals surface area (Å²) in [7, 11) is 0. The number of aromatic nitrogens is 2. The standard InChI is InChI=1S/C24H30N4O/c1-23(2)9-8-17-12-16(14-25)4-6-19(17)24(23,3)10-11-26-22(29)18-5-7-20-21(13-18)28-15-27-20/h4-7,12-13,15H,8-11,14,25H2,1-3H3,(H,26,29)(H,27,28). The molecule has 5 nitrogen and oxygen atoms in total. The topological polar surface area (TPSA) is 83.8 Å². The number of carbonyl (C=O) groups is 1. The van der Waals surface area contributed by atoms with Gasteiger partial charge in [0, 0.05) is 18.7 Å². The lowest BCUT2D eigenvalue weighted by Crippen LogP contribution is -2.45. The monoisotopic (exact) mass is 390 g/mol. The van der Waals surface area contributed by atoms with Gasteiger partial charge in [0.05, 0.1) is 17.4 Å². The van der Waals surface area contributed by atoms with Crippen molar-refractivity contribution in [1.82, 2.24) is 15.3 Å². The number of amides is 1. The zero-order chi connectivity index (χ0) is 20.6. The number of aryl methyl sites for hydroxylation is 1. The lowest BCUT2D eigenvalue weighted by Gasteiger charge is -2.49. The van der Waals surface area contributed by atoms with Crippen molar-refractivity contribution in [2.75, 3.05) is 6.54 Å². The van der Waals surface area contributed by atoms with Gasteiger partial charge in [-0.15, -0.1) is 0 Å². The molecular weight excluding hydrogens is 360 g/mol. The summed E-state index contributed by atoms with van der Waals surface area (Å²) in [4.78, 5) is 20.0. The molecule has 0 fully saturated rings. The smallest absolute Gasteiger partial charge is 0.251 e. The van der Waals surface area contributed by atoms with E-state index in [1.54, 1.807) is 6.33 Å². The molecule has 1 aromatic heterocycles. The summed E-state index contributed by atoms with van der Waals surface area (Å²) >= 11 is 0. The first-order chi connectivity index (χ1) is 13.8. The van der Waals surface area contributed by atoms with Crippen molar-refractivity contribution in [1.29, 1.82) is 0 Å². The Morgan fingerprint density at radius 1 is 1.21 bits per heavy atom. The summed E-state index contributed by atoms with van der Waals surface area (Å²) in [6, 6.07) is 12.2. The molecule has 3 aromatic rings.